The average molecular weight is 519 g/mol. The number of Topliss-reactive ketones (excluding diaryl/α,β-unsaturated/α-hetero) is 3. The molecule has 0 N–H and O–H groups in total. The zero-order valence-corrected chi connectivity index (χ0v) is 25.2. The molecule has 0 radical (unpaired) electrons. The Hall–Kier alpha value is -2.55. The summed E-state index contributed by atoms with van der Waals surface area (Å²) in [6, 6.07) is 12.7. The summed E-state index contributed by atoms with van der Waals surface area (Å²) in [5, 5.41) is 0. The van der Waals surface area contributed by atoms with Gasteiger partial charge >= 0.3 is 0 Å². The van der Waals surface area contributed by atoms with Crippen molar-refractivity contribution in [3.05, 3.63) is 58.7 Å². The minimum absolute atomic E-state index is 0.0319. The summed E-state index contributed by atoms with van der Waals surface area (Å²) >= 11 is 0. The second-order valence-electron chi connectivity index (χ2n) is 11.6. The van der Waals surface area contributed by atoms with Crippen LogP contribution in [-0.2, 0) is 16.0 Å². The lowest BCUT2D eigenvalue weighted by molar-refractivity contribution is -0.129. The van der Waals surface area contributed by atoms with Crippen LogP contribution in [0.15, 0.2) is 36.4 Å². The first-order chi connectivity index (χ1) is 18.1. The fourth-order valence-electron chi connectivity index (χ4n) is 6.26. The molecule has 0 bridgehead atoms. The summed E-state index contributed by atoms with van der Waals surface area (Å²) in [5.41, 5.74) is 6.82. The number of carbonyl (C=O) groups excluding carboxylic acids is 3. The van der Waals surface area contributed by atoms with Crippen LogP contribution in [0.4, 0.5) is 0 Å². The zero-order valence-electron chi connectivity index (χ0n) is 25.2. The van der Waals surface area contributed by atoms with E-state index in [1.165, 1.54) is 24.5 Å². The Labute approximate surface area is 231 Å². The second-order valence-corrected chi connectivity index (χ2v) is 11.6. The Balaban J connectivity index is 0.00000161. The third-order valence-corrected chi connectivity index (χ3v) is 7.82. The van der Waals surface area contributed by atoms with Crippen molar-refractivity contribution in [2.24, 2.45) is 17.8 Å². The van der Waals surface area contributed by atoms with Crippen LogP contribution in [0.25, 0.3) is 11.1 Å². The van der Waals surface area contributed by atoms with Gasteiger partial charge in [-0.25, -0.2) is 0 Å². The van der Waals surface area contributed by atoms with Crippen molar-refractivity contribution in [2.75, 3.05) is 0 Å². The van der Waals surface area contributed by atoms with E-state index in [0.29, 0.717) is 12.3 Å². The zero-order chi connectivity index (χ0) is 28.4. The molecule has 3 unspecified atom stereocenters. The monoisotopic (exact) mass is 518 g/mol. The second kappa shape index (κ2) is 15.1. The van der Waals surface area contributed by atoms with Gasteiger partial charge in [-0.2, -0.15) is 0 Å². The highest BCUT2D eigenvalue weighted by atomic mass is 16.1. The molecule has 3 nitrogen and oxygen atoms in total. The van der Waals surface area contributed by atoms with Gasteiger partial charge in [-0.05, 0) is 78.7 Å². The van der Waals surface area contributed by atoms with Gasteiger partial charge in [0.2, 0.25) is 0 Å². The molecule has 1 aliphatic carbocycles. The van der Waals surface area contributed by atoms with E-state index in [-0.39, 0.29) is 41.5 Å². The highest BCUT2D eigenvalue weighted by Crippen LogP contribution is 2.41. The largest absolute Gasteiger partial charge is 0.300 e. The summed E-state index contributed by atoms with van der Waals surface area (Å²) in [6.45, 7) is 16.5. The lowest BCUT2D eigenvalue weighted by atomic mass is 9.70. The quantitative estimate of drug-likeness (QED) is 0.278. The van der Waals surface area contributed by atoms with Gasteiger partial charge in [-0.15, -0.1) is 0 Å². The van der Waals surface area contributed by atoms with Crippen LogP contribution in [-0.4, -0.2) is 17.3 Å². The molecule has 0 spiro atoms. The maximum atomic E-state index is 13.6. The predicted molar refractivity (Wildman–Crippen MR) is 160 cm³/mol. The number of ketones is 3. The third kappa shape index (κ3) is 7.98. The van der Waals surface area contributed by atoms with Crippen LogP contribution in [0, 0.1) is 24.7 Å². The van der Waals surface area contributed by atoms with E-state index in [1.54, 1.807) is 0 Å². The third-order valence-electron chi connectivity index (χ3n) is 7.82. The number of fused-ring (bicyclic) bond motifs is 1. The highest BCUT2D eigenvalue weighted by molar-refractivity contribution is 6.02. The molecular weight excluding hydrogens is 468 g/mol. The van der Waals surface area contributed by atoms with Crippen LogP contribution < -0.4 is 0 Å². The van der Waals surface area contributed by atoms with Gasteiger partial charge in [-0.3, -0.25) is 14.4 Å². The van der Waals surface area contributed by atoms with E-state index >= 15 is 0 Å². The number of hydrogen-bond donors (Lipinski definition) is 0. The van der Waals surface area contributed by atoms with E-state index in [1.807, 2.05) is 18.2 Å². The minimum atomic E-state index is -0.0953. The normalized spacial score (nSPS) is 16.3. The fraction of sp³-hybridized carbons (Fsp3) is 0.571. The standard InChI is InChI=1S/C32H42O3.C3H8/c1-7-12-25(26(8-2)30(34)15-21(5)33)16-23-17-29-27(20(3)4)19-28(24-13-10-9-11-14-24)22(6)32(29)31(35)18-23;1-3-2/h9-11,13-14,19-20,23,25-26H,7-8,12,15-18H2,1-6H3;3H2,1-2H3. The first-order valence-electron chi connectivity index (χ1n) is 14.9. The van der Waals surface area contributed by atoms with Crippen molar-refractivity contribution in [2.45, 2.75) is 113 Å². The Kier molecular flexibility index (Phi) is 12.6. The lowest BCUT2D eigenvalue weighted by Gasteiger charge is -2.33. The van der Waals surface area contributed by atoms with Crippen molar-refractivity contribution in [3.8, 4) is 11.1 Å². The molecule has 3 heteroatoms. The first kappa shape index (κ1) is 31.7. The molecule has 0 saturated carbocycles. The van der Waals surface area contributed by atoms with Gasteiger partial charge < -0.3 is 0 Å². The van der Waals surface area contributed by atoms with Crippen molar-refractivity contribution in [3.63, 3.8) is 0 Å². The molecular formula is C35H50O3. The van der Waals surface area contributed by atoms with Gasteiger partial charge in [0, 0.05) is 17.9 Å². The number of carbonyl (C=O) groups is 3. The van der Waals surface area contributed by atoms with E-state index in [0.717, 1.165) is 54.4 Å². The molecule has 2 aromatic rings. The summed E-state index contributed by atoms with van der Waals surface area (Å²) < 4.78 is 0. The minimum Gasteiger partial charge on any atom is -0.300 e. The average Bonchev–Trinajstić information content (AvgIpc) is 2.85. The number of benzene rings is 2. The van der Waals surface area contributed by atoms with Crippen LogP contribution >= 0.6 is 0 Å². The molecule has 2 aromatic carbocycles. The van der Waals surface area contributed by atoms with E-state index in [4.69, 9.17) is 0 Å². The molecule has 0 aromatic heterocycles. The van der Waals surface area contributed by atoms with Crippen molar-refractivity contribution >= 4 is 17.3 Å². The fourth-order valence-corrected chi connectivity index (χ4v) is 6.26. The van der Waals surface area contributed by atoms with Gasteiger partial charge in [-0.1, -0.05) is 97.2 Å². The van der Waals surface area contributed by atoms with Gasteiger partial charge in [0.15, 0.2) is 5.78 Å². The predicted octanol–water partition coefficient (Wildman–Crippen LogP) is 9.33. The molecule has 0 fully saturated rings. The summed E-state index contributed by atoms with van der Waals surface area (Å²) in [7, 11) is 0. The SMILES string of the molecule is CCC.CCCC(CC1CC(=O)c2c(C)c(-c3ccccc3)cc(C(C)C)c2C1)C(CC)C(=O)CC(C)=O. The molecule has 38 heavy (non-hydrogen) atoms. The van der Waals surface area contributed by atoms with Crippen molar-refractivity contribution in [1.29, 1.82) is 0 Å². The molecule has 1 aliphatic rings. The van der Waals surface area contributed by atoms with E-state index in [9.17, 15) is 14.4 Å². The van der Waals surface area contributed by atoms with Gasteiger partial charge in [0.25, 0.3) is 0 Å². The van der Waals surface area contributed by atoms with Crippen LogP contribution in [0.3, 0.4) is 0 Å². The maximum Gasteiger partial charge on any atom is 0.163 e. The van der Waals surface area contributed by atoms with E-state index < -0.39 is 0 Å². The van der Waals surface area contributed by atoms with Crippen LogP contribution in [0.2, 0.25) is 0 Å². The van der Waals surface area contributed by atoms with Crippen molar-refractivity contribution < 1.29 is 14.4 Å². The molecule has 0 aliphatic heterocycles. The number of hydrogen-bond acceptors (Lipinski definition) is 3. The molecule has 0 amide bonds. The van der Waals surface area contributed by atoms with Crippen molar-refractivity contribution in [1.82, 2.24) is 0 Å². The molecule has 3 rings (SSSR count). The van der Waals surface area contributed by atoms with Gasteiger partial charge in [0.1, 0.15) is 11.6 Å². The van der Waals surface area contributed by atoms with E-state index in [2.05, 4.69) is 66.7 Å². The smallest absolute Gasteiger partial charge is 0.163 e. The Morgan fingerprint density at radius 3 is 2.16 bits per heavy atom. The summed E-state index contributed by atoms with van der Waals surface area (Å²) in [5.74, 6) is 0.955. The molecule has 3 atom stereocenters. The first-order valence-corrected chi connectivity index (χ1v) is 14.9. The Morgan fingerprint density at radius 2 is 1.63 bits per heavy atom. The summed E-state index contributed by atoms with van der Waals surface area (Å²) in [4.78, 5) is 38.1. The number of rotatable bonds is 11. The van der Waals surface area contributed by atoms with Crippen LogP contribution in [0.5, 0.6) is 0 Å². The highest BCUT2D eigenvalue weighted by Gasteiger charge is 2.34. The Morgan fingerprint density at radius 1 is 1.00 bits per heavy atom. The molecule has 0 saturated heterocycles. The molecule has 0 heterocycles. The van der Waals surface area contributed by atoms with Crippen LogP contribution in [0.1, 0.15) is 126 Å². The Bertz CT molecular complexity index is 1080. The maximum absolute atomic E-state index is 13.6. The topological polar surface area (TPSA) is 51.2 Å². The molecule has 208 valence electrons. The lowest BCUT2D eigenvalue weighted by Crippen LogP contribution is -2.30. The van der Waals surface area contributed by atoms with Gasteiger partial charge in [0.05, 0.1) is 6.42 Å². The summed E-state index contributed by atoms with van der Waals surface area (Å²) in [6.07, 6.45) is 6.31.